The van der Waals surface area contributed by atoms with Gasteiger partial charge in [0.1, 0.15) is 0 Å². The molecule has 1 unspecified atom stereocenters. The summed E-state index contributed by atoms with van der Waals surface area (Å²) in [6.45, 7) is 2.35. The van der Waals surface area contributed by atoms with E-state index in [-0.39, 0.29) is 11.9 Å². The van der Waals surface area contributed by atoms with Crippen molar-refractivity contribution in [1.29, 1.82) is 0 Å². The number of rotatable bonds is 3. The van der Waals surface area contributed by atoms with Crippen LogP contribution in [0.1, 0.15) is 36.3 Å². The summed E-state index contributed by atoms with van der Waals surface area (Å²) in [5.74, 6) is 0.962. The van der Waals surface area contributed by atoms with E-state index in [1.807, 2.05) is 0 Å². The van der Waals surface area contributed by atoms with E-state index in [9.17, 15) is 9.59 Å². The van der Waals surface area contributed by atoms with E-state index in [1.54, 1.807) is 4.90 Å². The maximum Gasteiger partial charge on any atom is 0.324 e. The number of carbonyl (C=O) groups is 2. The number of hydrogen-bond donors (Lipinski definition) is 2. The largest absolute Gasteiger partial charge is 0.361 e. The summed E-state index contributed by atoms with van der Waals surface area (Å²) < 4.78 is 0. The molecule has 27 heavy (non-hydrogen) atoms. The third kappa shape index (κ3) is 2.83. The van der Waals surface area contributed by atoms with Gasteiger partial charge in [-0.05, 0) is 49.4 Å². The molecular formula is C21H26N4O2. The molecule has 0 bridgehead atoms. The summed E-state index contributed by atoms with van der Waals surface area (Å²) in [5.41, 5.74) is 4.18. The van der Waals surface area contributed by atoms with Crippen LogP contribution in [0, 0.1) is 5.92 Å². The standard InChI is InChI=1S/C21H26N4O2/c1-24-12-13(5-7-25-8-6-19(26)23-21(25)27)9-16-15-3-2-4-17-20(15)14(11-22-17)10-18(16)24/h2-4,11,13,16,18,22H,5-10,12H2,1H3,(H,23,26,27)/t13-,16?,18-/m1/s1. The fourth-order valence-corrected chi connectivity index (χ4v) is 5.41. The molecule has 0 spiro atoms. The zero-order chi connectivity index (χ0) is 18.5. The first-order chi connectivity index (χ1) is 13.1. The second kappa shape index (κ2) is 6.37. The number of piperidine rings is 1. The maximum atomic E-state index is 12.0. The number of nitrogens with one attached hydrogen (secondary N) is 2. The van der Waals surface area contributed by atoms with Crippen LogP contribution in [0.15, 0.2) is 24.4 Å². The Morgan fingerprint density at radius 3 is 3.00 bits per heavy atom. The third-order valence-electron chi connectivity index (χ3n) is 6.76. The van der Waals surface area contributed by atoms with Crippen molar-refractivity contribution in [1.82, 2.24) is 20.1 Å². The molecule has 2 N–H and O–H groups in total. The highest BCUT2D eigenvalue weighted by Gasteiger charge is 2.39. The number of nitrogens with zero attached hydrogens (tertiary/aromatic N) is 2. The number of benzene rings is 1. The molecule has 0 radical (unpaired) electrons. The van der Waals surface area contributed by atoms with E-state index in [0.717, 1.165) is 25.9 Å². The number of urea groups is 1. The summed E-state index contributed by atoms with van der Waals surface area (Å²) >= 11 is 0. The predicted molar refractivity (Wildman–Crippen MR) is 104 cm³/mol. The van der Waals surface area contributed by atoms with E-state index >= 15 is 0 Å². The van der Waals surface area contributed by atoms with Gasteiger partial charge in [0.05, 0.1) is 0 Å². The zero-order valence-corrected chi connectivity index (χ0v) is 15.7. The number of aromatic amines is 1. The second-order valence-corrected chi connectivity index (χ2v) is 8.38. The lowest BCUT2D eigenvalue weighted by Gasteiger charge is -2.46. The molecule has 2 saturated heterocycles. The Labute approximate surface area is 158 Å². The van der Waals surface area contributed by atoms with Gasteiger partial charge in [-0.25, -0.2) is 4.79 Å². The van der Waals surface area contributed by atoms with Crippen LogP contribution in [-0.2, 0) is 11.2 Å². The highest BCUT2D eigenvalue weighted by atomic mass is 16.2. The van der Waals surface area contributed by atoms with E-state index in [1.165, 1.54) is 28.5 Å². The zero-order valence-electron chi connectivity index (χ0n) is 15.7. The Kier molecular flexibility index (Phi) is 3.97. The van der Waals surface area contributed by atoms with Crippen molar-refractivity contribution >= 4 is 22.8 Å². The van der Waals surface area contributed by atoms with Gasteiger partial charge in [-0.2, -0.15) is 0 Å². The summed E-state index contributed by atoms with van der Waals surface area (Å²) in [6.07, 6.45) is 5.87. The molecule has 1 aliphatic carbocycles. The average molecular weight is 366 g/mol. The van der Waals surface area contributed by atoms with Gasteiger partial charge in [0.2, 0.25) is 5.91 Å². The molecule has 2 aromatic rings. The third-order valence-corrected chi connectivity index (χ3v) is 6.76. The molecule has 3 aliphatic rings. The molecule has 3 atom stereocenters. The molecule has 5 rings (SSSR count). The van der Waals surface area contributed by atoms with E-state index in [2.05, 4.69) is 46.6 Å². The average Bonchev–Trinajstić information content (AvgIpc) is 3.06. The van der Waals surface area contributed by atoms with Crippen molar-refractivity contribution in [2.24, 2.45) is 5.92 Å². The number of amides is 3. The number of aromatic nitrogens is 1. The Hall–Kier alpha value is -2.34. The van der Waals surface area contributed by atoms with Gasteiger partial charge in [0, 0.05) is 55.1 Å². The van der Waals surface area contributed by atoms with Crippen molar-refractivity contribution < 1.29 is 9.59 Å². The molecule has 2 fully saturated rings. The second-order valence-electron chi connectivity index (χ2n) is 8.38. The van der Waals surface area contributed by atoms with Crippen LogP contribution in [0.25, 0.3) is 10.9 Å². The lowest BCUT2D eigenvalue weighted by molar-refractivity contribution is -0.121. The van der Waals surface area contributed by atoms with E-state index < -0.39 is 0 Å². The Morgan fingerprint density at radius 2 is 2.15 bits per heavy atom. The highest BCUT2D eigenvalue weighted by molar-refractivity contribution is 5.96. The first-order valence-corrected chi connectivity index (χ1v) is 9.98. The summed E-state index contributed by atoms with van der Waals surface area (Å²) in [6, 6.07) is 6.97. The van der Waals surface area contributed by atoms with Gasteiger partial charge >= 0.3 is 6.03 Å². The molecular weight excluding hydrogens is 340 g/mol. The number of likely N-dealkylation sites (tertiary alicyclic amines) is 1. The predicted octanol–water partition coefficient (Wildman–Crippen LogP) is 2.46. The van der Waals surface area contributed by atoms with Crippen LogP contribution in [-0.4, -0.2) is 59.4 Å². The Morgan fingerprint density at radius 1 is 1.26 bits per heavy atom. The highest BCUT2D eigenvalue weighted by Crippen LogP contribution is 2.44. The van der Waals surface area contributed by atoms with Crippen molar-refractivity contribution in [3.05, 3.63) is 35.5 Å². The fourth-order valence-electron chi connectivity index (χ4n) is 5.41. The van der Waals surface area contributed by atoms with Gasteiger partial charge < -0.3 is 14.8 Å². The number of imide groups is 1. The monoisotopic (exact) mass is 366 g/mol. The van der Waals surface area contributed by atoms with E-state index in [0.29, 0.717) is 30.8 Å². The topological polar surface area (TPSA) is 68.4 Å². The molecule has 6 nitrogen and oxygen atoms in total. The van der Waals surface area contributed by atoms with Crippen molar-refractivity contribution in [2.75, 3.05) is 26.7 Å². The first kappa shape index (κ1) is 16.8. The molecule has 3 heterocycles. The fraction of sp³-hybridized carbons (Fsp3) is 0.524. The van der Waals surface area contributed by atoms with Gasteiger partial charge in [0.15, 0.2) is 0 Å². The molecule has 3 amide bonds. The number of likely N-dealkylation sites (N-methyl/N-ethyl adjacent to an activating group) is 1. The molecule has 0 saturated carbocycles. The molecule has 2 aliphatic heterocycles. The summed E-state index contributed by atoms with van der Waals surface area (Å²) in [5, 5.41) is 3.86. The molecule has 1 aromatic carbocycles. The van der Waals surface area contributed by atoms with Crippen LogP contribution >= 0.6 is 0 Å². The minimum Gasteiger partial charge on any atom is -0.361 e. The van der Waals surface area contributed by atoms with Gasteiger partial charge in [-0.15, -0.1) is 0 Å². The normalized spacial score (nSPS) is 28.3. The Balaban J connectivity index is 1.33. The van der Waals surface area contributed by atoms with E-state index in [4.69, 9.17) is 0 Å². The first-order valence-electron chi connectivity index (χ1n) is 9.98. The van der Waals surface area contributed by atoms with Gasteiger partial charge in [-0.1, -0.05) is 12.1 Å². The number of H-pyrrole nitrogens is 1. The molecule has 142 valence electrons. The van der Waals surface area contributed by atoms with Crippen LogP contribution in [0.3, 0.4) is 0 Å². The maximum absolute atomic E-state index is 12.0. The quantitative estimate of drug-likeness (QED) is 0.877. The van der Waals surface area contributed by atoms with Crippen molar-refractivity contribution in [3.8, 4) is 0 Å². The van der Waals surface area contributed by atoms with Gasteiger partial charge in [-0.3, -0.25) is 10.1 Å². The summed E-state index contributed by atoms with van der Waals surface area (Å²) in [4.78, 5) is 31.1. The molecule has 6 heteroatoms. The Bertz CT molecular complexity index is 905. The van der Waals surface area contributed by atoms with Crippen LogP contribution in [0.5, 0.6) is 0 Å². The lowest BCUT2D eigenvalue weighted by atomic mass is 9.72. The summed E-state index contributed by atoms with van der Waals surface area (Å²) in [7, 11) is 2.24. The van der Waals surface area contributed by atoms with Crippen LogP contribution in [0.2, 0.25) is 0 Å². The van der Waals surface area contributed by atoms with Crippen molar-refractivity contribution in [3.63, 3.8) is 0 Å². The van der Waals surface area contributed by atoms with Crippen molar-refractivity contribution in [2.45, 2.75) is 37.6 Å². The minimum absolute atomic E-state index is 0.158. The van der Waals surface area contributed by atoms with Crippen LogP contribution < -0.4 is 5.32 Å². The number of fused-ring (bicyclic) bond motifs is 2. The van der Waals surface area contributed by atoms with Gasteiger partial charge in [0.25, 0.3) is 0 Å². The lowest BCUT2D eigenvalue weighted by Crippen LogP contribution is -2.51. The number of hydrogen-bond acceptors (Lipinski definition) is 3. The SMILES string of the molecule is CN1C[C@H](CCN2CCC(=O)NC2=O)CC2c3cccc4[nH]cc(c34)C[C@H]21. The molecule has 1 aromatic heterocycles. The van der Waals surface area contributed by atoms with Crippen LogP contribution in [0.4, 0.5) is 4.79 Å². The number of carbonyl (C=O) groups excluding carboxylic acids is 2. The smallest absolute Gasteiger partial charge is 0.324 e. The minimum atomic E-state index is -0.229.